The summed E-state index contributed by atoms with van der Waals surface area (Å²) in [5.74, 6) is -0.742. The minimum Gasteiger partial charge on any atom is -0.484 e. The topological polar surface area (TPSA) is 123 Å². The van der Waals surface area contributed by atoms with Crippen molar-refractivity contribution < 1.29 is 24.2 Å². The van der Waals surface area contributed by atoms with Gasteiger partial charge < -0.3 is 15.2 Å². The van der Waals surface area contributed by atoms with Crippen molar-refractivity contribution in [3.63, 3.8) is 0 Å². The zero-order valence-electron chi connectivity index (χ0n) is 16.2. The van der Waals surface area contributed by atoms with Gasteiger partial charge in [-0.3, -0.25) is 24.4 Å². The van der Waals surface area contributed by atoms with E-state index in [9.17, 15) is 19.5 Å². The van der Waals surface area contributed by atoms with Gasteiger partial charge in [0.05, 0.1) is 23.2 Å². The molecular formula is C20H24N4O5. The first-order chi connectivity index (χ1) is 13.9. The van der Waals surface area contributed by atoms with Crippen LogP contribution >= 0.6 is 0 Å². The van der Waals surface area contributed by atoms with Crippen LogP contribution in [0.3, 0.4) is 0 Å². The van der Waals surface area contributed by atoms with Gasteiger partial charge in [0.25, 0.3) is 5.91 Å². The number of fused-ring (bicyclic) bond motifs is 1. The molecule has 1 aromatic carbocycles. The summed E-state index contributed by atoms with van der Waals surface area (Å²) in [5.41, 5.74) is 1.41. The Morgan fingerprint density at radius 1 is 1.34 bits per heavy atom. The summed E-state index contributed by atoms with van der Waals surface area (Å²) in [6.07, 6.45) is 2.45. The van der Waals surface area contributed by atoms with Crippen molar-refractivity contribution in [2.24, 2.45) is 7.05 Å². The second-order valence-corrected chi connectivity index (χ2v) is 7.71. The average Bonchev–Trinajstić information content (AvgIpc) is 3.23. The maximum absolute atomic E-state index is 12.2. The van der Waals surface area contributed by atoms with Crippen LogP contribution in [0.4, 0.5) is 0 Å². The number of benzene rings is 1. The van der Waals surface area contributed by atoms with E-state index in [1.165, 1.54) is 0 Å². The lowest BCUT2D eigenvalue weighted by atomic mass is 9.93. The van der Waals surface area contributed by atoms with Gasteiger partial charge in [-0.05, 0) is 37.8 Å². The van der Waals surface area contributed by atoms with E-state index in [0.717, 1.165) is 17.3 Å². The molecule has 3 amide bonds. The van der Waals surface area contributed by atoms with Gasteiger partial charge in [-0.2, -0.15) is 5.10 Å². The lowest BCUT2D eigenvalue weighted by Crippen LogP contribution is -2.39. The molecule has 2 aliphatic rings. The Balaban J connectivity index is 1.44. The summed E-state index contributed by atoms with van der Waals surface area (Å²) < 4.78 is 7.29. The monoisotopic (exact) mass is 400 g/mol. The average molecular weight is 400 g/mol. The number of rotatable bonds is 5. The highest BCUT2D eigenvalue weighted by atomic mass is 16.5. The van der Waals surface area contributed by atoms with Gasteiger partial charge in [-0.25, -0.2) is 0 Å². The normalized spacial score (nSPS) is 24.6. The van der Waals surface area contributed by atoms with E-state index in [1.807, 2.05) is 6.07 Å². The smallest absolute Gasteiger partial charge is 0.258 e. The van der Waals surface area contributed by atoms with Gasteiger partial charge >= 0.3 is 0 Å². The molecule has 4 rings (SSSR count). The Morgan fingerprint density at radius 2 is 2.17 bits per heavy atom. The first-order valence-corrected chi connectivity index (χ1v) is 9.81. The van der Waals surface area contributed by atoms with Gasteiger partial charge in [0.15, 0.2) is 6.61 Å². The minimum absolute atomic E-state index is 0.00302. The predicted molar refractivity (Wildman–Crippen MR) is 103 cm³/mol. The van der Waals surface area contributed by atoms with Gasteiger partial charge in [0.2, 0.25) is 11.8 Å². The van der Waals surface area contributed by atoms with E-state index in [2.05, 4.69) is 15.7 Å². The lowest BCUT2D eigenvalue weighted by molar-refractivity contribution is -0.134. The van der Waals surface area contributed by atoms with Crippen molar-refractivity contribution in [1.82, 2.24) is 20.4 Å². The molecule has 2 fully saturated rings. The number of carbonyl (C=O) groups excluding carboxylic acids is 3. The Labute approximate surface area is 167 Å². The van der Waals surface area contributed by atoms with E-state index >= 15 is 0 Å². The number of nitrogens with zero attached hydrogens (tertiary/aromatic N) is 2. The molecule has 3 unspecified atom stereocenters. The number of aromatic nitrogens is 2. The second-order valence-electron chi connectivity index (χ2n) is 7.71. The largest absolute Gasteiger partial charge is 0.484 e. The Morgan fingerprint density at radius 3 is 2.90 bits per heavy atom. The van der Waals surface area contributed by atoms with Gasteiger partial charge in [-0.15, -0.1) is 0 Å². The number of hydrogen-bond acceptors (Lipinski definition) is 6. The second kappa shape index (κ2) is 7.82. The van der Waals surface area contributed by atoms with Crippen molar-refractivity contribution in [3.8, 4) is 5.75 Å². The molecule has 1 aliphatic carbocycles. The van der Waals surface area contributed by atoms with Crippen LogP contribution in [0.1, 0.15) is 43.7 Å². The van der Waals surface area contributed by atoms with Crippen molar-refractivity contribution in [2.75, 3.05) is 6.61 Å². The highest BCUT2D eigenvalue weighted by Crippen LogP contribution is 2.31. The molecule has 9 heteroatoms. The summed E-state index contributed by atoms with van der Waals surface area (Å²) in [6, 6.07) is 5.34. The van der Waals surface area contributed by atoms with Crippen LogP contribution in [0.25, 0.3) is 10.9 Å². The molecule has 0 bridgehead atoms. The van der Waals surface area contributed by atoms with E-state index in [0.29, 0.717) is 37.1 Å². The van der Waals surface area contributed by atoms with Crippen molar-refractivity contribution in [3.05, 3.63) is 23.9 Å². The number of imide groups is 1. The highest BCUT2D eigenvalue weighted by Gasteiger charge is 2.31. The SMILES string of the molecule is Cn1nc(C2CCC(=O)NC2=O)c2ccc(OCC(=O)NC3CCC(O)C3)cc21. The highest BCUT2D eigenvalue weighted by molar-refractivity contribution is 6.02. The first kappa shape index (κ1) is 19.4. The number of amides is 3. The number of hydrogen-bond donors (Lipinski definition) is 3. The summed E-state index contributed by atoms with van der Waals surface area (Å²) >= 11 is 0. The van der Waals surface area contributed by atoms with Crippen molar-refractivity contribution >= 4 is 28.6 Å². The molecule has 9 nitrogen and oxygen atoms in total. The molecule has 3 atom stereocenters. The predicted octanol–water partition coefficient (Wildman–Crippen LogP) is 0.502. The quantitative estimate of drug-likeness (QED) is 0.629. The van der Waals surface area contributed by atoms with Crippen molar-refractivity contribution in [1.29, 1.82) is 0 Å². The Hall–Kier alpha value is -2.94. The van der Waals surface area contributed by atoms with Gasteiger partial charge in [0, 0.05) is 31.0 Å². The van der Waals surface area contributed by atoms with Gasteiger partial charge in [-0.1, -0.05) is 0 Å². The number of ether oxygens (including phenoxy) is 1. The standard InChI is InChI=1S/C20H24N4O5/c1-24-16-9-13(29-10-18(27)21-11-2-3-12(25)8-11)4-5-14(16)19(23-24)15-6-7-17(26)22-20(15)28/h4-5,9,11-12,15,25H,2-3,6-8,10H2,1H3,(H,21,27)(H,22,26,28). The van der Waals surface area contributed by atoms with E-state index in [-0.39, 0.29) is 36.5 Å². The maximum Gasteiger partial charge on any atom is 0.258 e. The summed E-state index contributed by atoms with van der Waals surface area (Å²) in [5, 5.41) is 20.1. The fourth-order valence-corrected chi connectivity index (χ4v) is 4.07. The molecule has 0 radical (unpaired) electrons. The Bertz CT molecular complexity index is 969. The van der Waals surface area contributed by atoms with Crippen LogP contribution in [0.5, 0.6) is 5.75 Å². The summed E-state index contributed by atoms with van der Waals surface area (Å²) in [4.78, 5) is 35.7. The molecule has 1 saturated heterocycles. The number of piperidine rings is 1. The third-order valence-corrected chi connectivity index (χ3v) is 5.56. The lowest BCUT2D eigenvalue weighted by Gasteiger charge is -2.19. The molecule has 1 saturated carbocycles. The van der Waals surface area contributed by atoms with Crippen LogP contribution in [-0.2, 0) is 21.4 Å². The number of carbonyl (C=O) groups is 3. The third kappa shape index (κ3) is 4.09. The van der Waals surface area contributed by atoms with Gasteiger partial charge in [0.1, 0.15) is 5.75 Å². The maximum atomic E-state index is 12.2. The van der Waals surface area contributed by atoms with Crippen LogP contribution < -0.4 is 15.4 Å². The van der Waals surface area contributed by atoms with E-state index in [4.69, 9.17) is 4.74 Å². The Kier molecular flexibility index (Phi) is 5.23. The molecule has 29 heavy (non-hydrogen) atoms. The molecule has 2 heterocycles. The molecule has 2 aromatic rings. The molecular weight excluding hydrogens is 376 g/mol. The van der Waals surface area contributed by atoms with Crippen LogP contribution in [0.15, 0.2) is 18.2 Å². The zero-order chi connectivity index (χ0) is 20.5. The molecule has 1 aliphatic heterocycles. The third-order valence-electron chi connectivity index (χ3n) is 5.56. The fraction of sp³-hybridized carbons (Fsp3) is 0.500. The summed E-state index contributed by atoms with van der Waals surface area (Å²) in [6.45, 7) is -0.115. The minimum atomic E-state index is -0.462. The molecule has 154 valence electrons. The fourth-order valence-electron chi connectivity index (χ4n) is 4.07. The summed E-state index contributed by atoms with van der Waals surface area (Å²) in [7, 11) is 1.78. The van der Waals surface area contributed by atoms with Crippen LogP contribution in [0.2, 0.25) is 0 Å². The molecule has 3 N–H and O–H groups in total. The van der Waals surface area contributed by atoms with E-state index in [1.54, 1.807) is 23.9 Å². The van der Waals surface area contributed by atoms with E-state index < -0.39 is 5.92 Å². The molecule has 1 aromatic heterocycles. The zero-order valence-corrected chi connectivity index (χ0v) is 16.2. The van der Waals surface area contributed by atoms with Crippen molar-refractivity contribution in [2.45, 2.75) is 50.2 Å². The van der Waals surface area contributed by atoms with Crippen LogP contribution in [-0.4, -0.2) is 51.4 Å². The number of aliphatic hydroxyl groups excluding tert-OH is 1. The number of aliphatic hydroxyl groups is 1. The molecule has 0 spiro atoms. The number of nitrogens with one attached hydrogen (secondary N) is 2. The van der Waals surface area contributed by atoms with Crippen LogP contribution in [0, 0.1) is 0 Å². The first-order valence-electron chi connectivity index (χ1n) is 9.81. The number of aryl methyl sites for hydroxylation is 1.